The highest BCUT2D eigenvalue weighted by atomic mass is 19.4. The van der Waals surface area contributed by atoms with Gasteiger partial charge in [-0.3, -0.25) is 14.6 Å². The summed E-state index contributed by atoms with van der Waals surface area (Å²) in [5, 5.41) is 11.4. The first-order valence-corrected chi connectivity index (χ1v) is 6.15. The van der Waals surface area contributed by atoms with Gasteiger partial charge in [-0.1, -0.05) is 6.92 Å². The third-order valence-corrected chi connectivity index (χ3v) is 3.25. The van der Waals surface area contributed by atoms with Crippen LogP contribution in [0.5, 0.6) is 0 Å². The highest BCUT2D eigenvalue weighted by Gasteiger charge is 2.33. The molecule has 1 atom stereocenters. The fourth-order valence-corrected chi connectivity index (χ4v) is 1.43. The lowest BCUT2D eigenvalue weighted by atomic mass is 9.87. The molecule has 0 saturated carbocycles. The van der Waals surface area contributed by atoms with E-state index in [4.69, 9.17) is 5.11 Å². The third kappa shape index (κ3) is 4.17. The van der Waals surface area contributed by atoms with Crippen molar-refractivity contribution >= 4 is 11.9 Å². The Hall–Kier alpha value is -2.12. The zero-order chi connectivity index (χ0) is 16.3. The Labute approximate surface area is 119 Å². The van der Waals surface area contributed by atoms with E-state index in [1.165, 1.54) is 6.92 Å². The molecule has 1 heterocycles. The van der Waals surface area contributed by atoms with Crippen LogP contribution < -0.4 is 5.32 Å². The smallest absolute Gasteiger partial charge is 0.433 e. The predicted octanol–water partition coefficient (Wildman–Crippen LogP) is 2.33. The summed E-state index contributed by atoms with van der Waals surface area (Å²) in [7, 11) is 0. The topological polar surface area (TPSA) is 79.3 Å². The summed E-state index contributed by atoms with van der Waals surface area (Å²) in [6.45, 7) is 3.01. The van der Waals surface area contributed by atoms with Gasteiger partial charge in [0.05, 0.1) is 11.0 Å². The molecule has 0 spiro atoms. The predicted molar refractivity (Wildman–Crippen MR) is 67.6 cm³/mol. The van der Waals surface area contributed by atoms with Crippen LogP contribution in [0.15, 0.2) is 18.3 Å². The quantitative estimate of drug-likeness (QED) is 0.875. The summed E-state index contributed by atoms with van der Waals surface area (Å²) in [6.07, 6.45) is -3.46. The molecule has 2 N–H and O–H groups in total. The van der Waals surface area contributed by atoms with Gasteiger partial charge in [0.15, 0.2) is 0 Å². The van der Waals surface area contributed by atoms with E-state index in [0.717, 1.165) is 12.3 Å². The van der Waals surface area contributed by atoms with Gasteiger partial charge in [0.2, 0.25) is 0 Å². The number of hydrogen-bond acceptors (Lipinski definition) is 3. The molecule has 0 aliphatic rings. The van der Waals surface area contributed by atoms with E-state index in [1.807, 2.05) is 0 Å². The zero-order valence-corrected chi connectivity index (χ0v) is 11.5. The molecule has 0 fully saturated rings. The van der Waals surface area contributed by atoms with E-state index in [-0.39, 0.29) is 12.1 Å². The lowest BCUT2D eigenvalue weighted by molar-refractivity contribution is -0.147. The first-order valence-electron chi connectivity index (χ1n) is 6.15. The van der Waals surface area contributed by atoms with Crippen LogP contribution in [0.3, 0.4) is 0 Å². The molecular weight excluding hydrogens is 289 g/mol. The number of pyridine rings is 1. The van der Waals surface area contributed by atoms with E-state index in [0.29, 0.717) is 12.5 Å². The van der Waals surface area contributed by atoms with Crippen LogP contribution in [0.4, 0.5) is 13.2 Å². The van der Waals surface area contributed by atoms with Gasteiger partial charge < -0.3 is 10.4 Å². The number of carbonyl (C=O) groups excluding carboxylic acids is 1. The maximum Gasteiger partial charge on any atom is 0.433 e. The molecular formula is C13H15F3N2O3. The van der Waals surface area contributed by atoms with Crippen molar-refractivity contribution in [3.8, 4) is 0 Å². The molecule has 1 unspecified atom stereocenters. The van der Waals surface area contributed by atoms with E-state index in [9.17, 15) is 22.8 Å². The Morgan fingerprint density at radius 1 is 1.33 bits per heavy atom. The maximum absolute atomic E-state index is 12.3. The maximum atomic E-state index is 12.3. The number of carbonyl (C=O) groups is 2. The summed E-state index contributed by atoms with van der Waals surface area (Å²) in [5.41, 5.74) is -2.29. The van der Waals surface area contributed by atoms with Gasteiger partial charge in [-0.15, -0.1) is 0 Å². The van der Waals surface area contributed by atoms with E-state index < -0.39 is 29.2 Å². The third-order valence-electron chi connectivity index (χ3n) is 3.25. The molecule has 1 rings (SSSR count). The van der Waals surface area contributed by atoms with Crippen molar-refractivity contribution in [1.82, 2.24) is 10.3 Å². The van der Waals surface area contributed by atoms with Crippen LogP contribution in [-0.2, 0) is 11.0 Å². The Morgan fingerprint density at radius 2 is 1.95 bits per heavy atom. The molecule has 0 aliphatic heterocycles. The fourth-order valence-electron chi connectivity index (χ4n) is 1.43. The van der Waals surface area contributed by atoms with Gasteiger partial charge in [-0.2, -0.15) is 13.2 Å². The average molecular weight is 304 g/mol. The van der Waals surface area contributed by atoms with Crippen molar-refractivity contribution in [2.45, 2.75) is 26.4 Å². The number of carboxylic acids is 1. The fraction of sp³-hybridized carbons (Fsp3) is 0.462. The molecule has 1 aromatic rings. The van der Waals surface area contributed by atoms with Gasteiger partial charge in [0.25, 0.3) is 5.91 Å². The summed E-state index contributed by atoms with van der Waals surface area (Å²) in [4.78, 5) is 26.0. The number of nitrogens with zero attached hydrogens (tertiary/aromatic N) is 1. The molecule has 116 valence electrons. The summed E-state index contributed by atoms with van der Waals surface area (Å²) in [5.74, 6) is -1.73. The molecule has 0 saturated heterocycles. The molecule has 0 aromatic carbocycles. The average Bonchev–Trinajstić information content (AvgIpc) is 2.43. The normalized spacial score (nSPS) is 14.3. The number of aliphatic carboxylic acids is 1. The largest absolute Gasteiger partial charge is 0.481 e. The van der Waals surface area contributed by atoms with Gasteiger partial charge in [-0.05, 0) is 25.5 Å². The molecule has 0 bridgehead atoms. The lowest BCUT2D eigenvalue weighted by Gasteiger charge is -2.23. The molecule has 0 radical (unpaired) electrons. The van der Waals surface area contributed by atoms with Crippen molar-refractivity contribution in [2.24, 2.45) is 5.41 Å². The van der Waals surface area contributed by atoms with E-state index >= 15 is 0 Å². The lowest BCUT2D eigenvalue weighted by Crippen LogP contribution is -2.40. The Morgan fingerprint density at radius 3 is 2.33 bits per heavy atom. The van der Waals surface area contributed by atoms with Crippen LogP contribution in [0, 0.1) is 5.41 Å². The zero-order valence-electron chi connectivity index (χ0n) is 11.5. The second-order valence-electron chi connectivity index (χ2n) is 4.83. The standard InChI is InChI=1S/C13H15F3N2O3/c1-3-12(2,11(20)21)7-18-10(19)8-4-5-9(17-6-8)13(14,15)16/h4-6H,3,7H2,1-2H3,(H,18,19)(H,20,21). The first-order chi connectivity index (χ1) is 9.60. The SMILES string of the molecule is CCC(C)(CNC(=O)c1ccc(C(F)(F)F)nc1)C(=O)O. The van der Waals surface area contributed by atoms with Gasteiger partial charge in [0, 0.05) is 12.7 Å². The molecule has 1 amide bonds. The van der Waals surface area contributed by atoms with Crippen molar-refractivity contribution in [3.05, 3.63) is 29.6 Å². The number of halogens is 3. The molecule has 0 aliphatic carbocycles. The van der Waals surface area contributed by atoms with Crippen LogP contribution in [0.25, 0.3) is 0 Å². The van der Waals surface area contributed by atoms with Crippen molar-refractivity contribution in [1.29, 1.82) is 0 Å². The van der Waals surface area contributed by atoms with Gasteiger partial charge in [0.1, 0.15) is 5.69 Å². The number of hydrogen-bond donors (Lipinski definition) is 2. The number of aromatic nitrogens is 1. The van der Waals surface area contributed by atoms with Crippen LogP contribution >= 0.6 is 0 Å². The van der Waals surface area contributed by atoms with E-state index in [1.54, 1.807) is 6.92 Å². The Kier molecular flexibility index (Phi) is 4.93. The highest BCUT2D eigenvalue weighted by molar-refractivity contribution is 5.94. The minimum atomic E-state index is -4.57. The molecule has 8 heteroatoms. The minimum Gasteiger partial charge on any atom is -0.481 e. The van der Waals surface area contributed by atoms with Crippen molar-refractivity contribution < 1.29 is 27.9 Å². The summed E-state index contributed by atoms with van der Waals surface area (Å²) >= 11 is 0. The van der Waals surface area contributed by atoms with Crippen LogP contribution in [-0.4, -0.2) is 28.5 Å². The number of alkyl halides is 3. The highest BCUT2D eigenvalue weighted by Crippen LogP contribution is 2.27. The molecule has 1 aromatic heterocycles. The number of amides is 1. The number of nitrogens with one attached hydrogen (secondary N) is 1. The molecule has 5 nitrogen and oxygen atoms in total. The van der Waals surface area contributed by atoms with Crippen molar-refractivity contribution in [2.75, 3.05) is 6.54 Å². The second kappa shape index (κ2) is 6.11. The molecule has 21 heavy (non-hydrogen) atoms. The van der Waals surface area contributed by atoms with E-state index in [2.05, 4.69) is 10.3 Å². The Balaban J connectivity index is 2.75. The first kappa shape index (κ1) is 16.9. The Bertz CT molecular complexity index is 528. The van der Waals surface area contributed by atoms with Crippen LogP contribution in [0.2, 0.25) is 0 Å². The minimum absolute atomic E-state index is 0.0631. The number of carboxylic acid groups (broad SMARTS) is 1. The van der Waals surface area contributed by atoms with Gasteiger partial charge >= 0.3 is 12.1 Å². The van der Waals surface area contributed by atoms with Gasteiger partial charge in [-0.25, -0.2) is 0 Å². The summed E-state index contributed by atoms with van der Waals surface area (Å²) in [6, 6.07) is 1.69. The van der Waals surface area contributed by atoms with Crippen molar-refractivity contribution in [3.63, 3.8) is 0 Å². The summed E-state index contributed by atoms with van der Waals surface area (Å²) < 4.78 is 37.0. The van der Waals surface area contributed by atoms with Crippen LogP contribution in [0.1, 0.15) is 36.3 Å². The number of rotatable bonds is 5. The second-order valence-corrected chi connectivity index (χ2v) is 4.83. The monoisotopic (exact) mass is 304 g/mol.